The molecule has 0 N–H and O–H groups in total. The van der Waals surface area contributed by atoms with E-state index in [1.165, 1.54) is 22.2 Å². The first-order chi connectivity index (χ1) is 10.7. The lowest BCUT2D eigenvalue weighted by atomic mass is 10.1. The van der Waals surface area contributed by atoms with Crippen molar-refractivity contribution in [3.8, 4) is 0 Å². The third-order valence-corrected chi connectivity index (χ3v) is 4.97. The molecule has 0 saturated carbocycles. The van der Waals surface area contributed by atoms with Gasteiger partial charge in [-0.25, -0.2) is 4.98 Å². The number of amides is 1. The number of carbonyl (C=O) groups is 1. The number of fused-ring (bicyclic) bond motifs is 1. The van der Waals surface area contributed by atoms with E-state index in [2.05, 4.69) is 4.98 Å². The van der Waals surface area contributed by atoms with Gasteiger partial charge in [-0.05, 0) is 24.3 Å². The molecule has 6 nitrogen and oxygen atoms in total. The Morgan fingerprint density at radius 1 is 1.45 bits per heavy atom. The molecule has 1 saturated heterocycles. The van der Waals surface area contributed by atoms with Gasteiger partial charge in [-0.2, -0.15) is 0 Å². The second-order valence-corrected chi connectivity index (χ2v) is 6.34. The van der Waals surface area contributed by atoms with Crippen molar-refractivity contribution in [3.63, 3.8) is 0 Å². The number of methoxy groups -OCH3 is 1. The number of aromatic nitrogens is 2. The Bertz CT molecular complexity index is 716. The van der Waals surface area contributed by atoms with E-state index in [1.54, 1.807) is 13.2 Å². The summed E-state index contributed by atoms with van der Waals surface area (Å²) in [6, 6.07) is 1.78. The van der Waals surface area contributed by atoms with Gasteiger partial charge in [0, 0.05) is 33.2 Å². The van der Waals surface area contributed by atoms with Gasteiger partial charge in [0.2, 0.25) is 5.91 Å². The van der Waals surface area contributed by atoms with E-state index in [9.17, 15) is 9.59 Å². The molecule has 0 aliphatic carbocycles. The number of likely N-dealkylation sites (tertiary alicyclic amines) is 1. The second kappa shape index (κ2) is 6.58. The highest BCUT2D eigenvalue weighted by atomic mass is 32.1. The summed E-state index contributed by atoms with van der Waals surface area (Å²) in [5.41, 5.74) is -0.0721. The number of hydrogen-bond donors (Lipinski definition) is 0. The number of ether oxygens (including phenoxy) is 1. The Labute approximate surface area is 132 Å². The molecule has 0 spiro atoms. The first kappa shape index (κ1) is 15.2. The number of aryl methyl sites for hydroxylation is 1. The van der Waals surface area contributed by atoms with Crippen LogP contribution in [-0.4, -0.2) is 46.7 Å². The summed E-state index contributed by atoms with van der Waals surface area (Å²) in [6.45, 7) is 1.84. The Morgan fingerprint density at radius 3 is 2.95 bits per heavy atom. The lowest BCUT2D eigenvalue weighted by molar-refractivity contribution is -0.133. The molecular formula is C15H19N3O3S. The van der Waals surface area contributed by atoms with Gasteiger partial charge < -0.3 is 9.64 Å². The molecule has 1 amide bonds. The molecule has 2 aromatic heterocycles. The summed E-state index contributed by atoms with van der Waals surface area (Å²) in [4.78, 5) is 31.3. The van der Waals surface area contributed by atoms with Crippen molar-refractivity contribution in [1.29, 1.82) is 0 Å². The summed E-state index contributed by atoms with van der Waals surface area (Å²) < 4.78 is 6.83. The lowest BCUT2D eigenvalue weighted by Crippen LogP contribution is -2.41. The largest absolute Gasteiger partial charge is 0.381 e. The topological polar surface area (TPSA) is 64.4 Å². The highest BCUT2D eigenvalue weighted by Gasteiger charge is 2.22. The van der Waals surface area contributed by atoms with Crippen LogP contribution in [0.5, 0.6) is 0 Å². The predicted molar refractivity (Wildman–Crippen MR) is 85.1 cm³/mol. The van der Waals surface area contributed by atoms with Crippen LogP contribution in [0.3, 0.4) is 0 Å². The smallest absolute Gasteiger partial charge is 0.262 e. The van der Waals surface area contributed by atoms with Crippen molar-refractivity contribution in [1.82, 2.24) is 14.5 Å². The van der Waals surface area contributed by atoms with Gasteiger partial charge in [0.15, 0.2) is 0 Å². The van der Waals surface area contributed by atoms with Crippen LogP contribution in [0.1, 0.15) is 19.3 Å². The van der Waals surface area contributed by atoms with E-state index in [0.29, 0.717) is 18.4 Å². The minimum absolute atomic E-state index is 0.0721. The zero-order valence-electron chi connectivity index (χ0n) is 12.5. The first-order valence-corrected chi connectivity index (χ1v) is 8.30. The summed E-state index contributed by atoms with van der Waals surface area (Å²) in [5, 5.41) is 2.48. The minimum Gasteiger partial charge on any atom is -0.381 e. The Morgan fingerprint density at radius 2 is 2.23 bits per heavy atom. The quantitative estimate of drug-likeness (QED) is 0.856. The van der Waals surface area contributed by atoms with Gasteiger partial charge in [-0.3, -0.25) is 14.2 Å². The Kier molecular flexibility index (Phi) is 4.54. The summed E-state index contributed by atoms with van der Waals surface area (Å²) in [5.74, 6) is 0.0897. The highest BCUT2D eigenvalue weighted by Crippen LogP contribution is 2.15. The van der Waals surface area contributed by atoms with E-state index in [1.807, 2.05) is 10.3 Å². The molecule has 1 fully saturated rings. The van der Waals surface area contributed by atoms with Crippen molar-refractivity contribution in [2.75, 3.05) is 20.2 Å². The van der Waals surface area contributed by atoms with Gasteiger partial charge in [0.05, 0.1) is 17.8 Å². The van der Waals surface area contributed by atoms with Crippen molar-refractivity contribution in [2.24, 2.45) is 0 Å². The molecular weight excluding hydrogens is 302 g/mol. The lowest BCUT2D eigenvalue weighted by Gasteiger charge is -2.31. The number of rotatable bonds is 4. The molecule has 3 heterocycles. The molecule has 1 aliphatic rings. The zero-order valence-corrected chi connectivity index (χ0v) is 13.3. The molecule has 0 radical (unpaired) electrons. The van der Waals surface area contributed by atoms with Crippen LogP contribution in [0, 0.1) is 0 Å². The fourth-order valence-corrected chi connectivity index (χ4v) is 3.49. The molecule has 0 atom stereocenters. The molecule has 1 aliphatic heterocycles. The fraction of sp³-hybridized carbons (Fsp3) is 0.533. The standard InChI is InChI=1S/C15H19N3O3S/c1-21-11-2-6-17(7-3-11)13(19)4-8-18-10-16-14-12(15(18)20)5-9-22-14/h5,9-11H,2-4,6-8H2,1H3. The maximum absolute atomic E-state index is 12.2. The Hall–Kier alpha value is -1.73. The van der Waals surface area contributed by atoms with Crippen molar-refractivity contribution >= 4 is 27.5 Å². The molecule has 0 bridgehead atoms. The number of piperidine rings is 1. The maximum Gasteiger partial charge on any atom is 0.262 e. The number of nitrogens with zero attached hydrogens (tertiary/aromatic N) is 3. The number of thiophene rings is 1. The molecule has 22 heavy (non-hydrogen) atoms. The van der Waals surface area contributed by atoms with E-state index >= 15 is 0 Å². The van der Waals surface area contributed by atoms with Crippen LogP contribution in [0.15, 0.2) is 22.6 Å². The monoisotopic (exact) mass is 321 g/mol. The Balaban J connectivity index is 1.60. The summed E-state index contributed by atoms with van der Waals surface area (Å²) >= 11 is 1.45. The van der Waals surface area contributed by atoms with Crippen LogP contribution in [-0.2, 0) is 16.1 Å². The van der Waals surface area contributed by atoms with Crippen LogP contribution in [0.2, 0.25) is 0 Å². The zero-order chi connectivity index (χ0) is 15.5. The van der Waals surface area contributed by atoms with Crippen LogP contribution < -0.4 is 5.56 Å². The van der Waals surface area contributed by atoms with Gasteiger partial charge in [0.1, 0.15) is 4.83 Å². The molecule has 2 aromatic rings. The maximum atomic E-state index is 12.2. The van der Waals surface area contributed by atoms with Crippen molar-refractivity contribution in [2.45, 2.75) is 31.9 Å². The van der Waals surface area contributed by atoms with Gasteiger partial charge in [0.25, 0.3) is 5.56 Å². The second-order valence-electron chi connectivity index (χ2n) is 5.45. The van der Waals surface area contributed by atoms with E-state index in [0.717, 1.165) is 30.8 Å². The van der Waals surface area contributed by atoms with E-state index < -0.39 is 0 Å². The van der Waals surface area contributed by atoms with E-state index in [4.69, 9.17) is 4.74 Å². The summed E-state index contributed by atoms with van der Waals surface area (Å²) in [6.07, 6.45) is 3.88. The fourth-order valence-electron chi connectivity index (χ4n) is 2.77. The van der Waals surface area contributed by atoms with Crippen molar-refractivity contribution in [3.05, 3.63) is 28.1 Å². The predicted octanol–water partition coefficient (Wildman–Crippen LogP) is 1.49. The SMILES string of the molecule is COC1CCN(C(=O)CCn2cnc3sccc3c2=O)CC1. The normalized spacial score (nSPS) is 16.3. The van der Waals surface area contributed by atoms with Gasteiger partial charge in [-0.15, -0.1) is 11.3 Å². The molecule has 7 heteroatoms. The molecule has 0 aromatic carbocycles. The van der Waals surface area contributed by atoms with Crippen LogP contribution in [0.4, 0.5) is 0 Å². The van der Waals surface area contributed by atoms with Gasteiger partial charge >= 0.3 is 0 Å². The first-order valence-electron chi connectivity index (χ1n) is 7.42. The van der Waals surface area contributed by atoms with Gasteiger partial charge in [-0.1, -0.05) is 0 Å². The van der Waals surface area contributed by atoms with E-state index in [-0.39, 0.29) is 17.6 Å². The molecule has 3 rings (SSSR count). The van der Waals surface area contributed by atoms with Crippen LogP contribution >= 0.6 is 11.3 Å². The number of carbonyl (C=O) groups excluding carboxylic acids is 1. The average molecular weight is 321 g/mol. The third-order valence-electron chi connectivity index (χ3n) is 4.15. The number of hydrogen-bond acceptors (Lipinski definition) is 5. The van der Waals surface area contributed by atoms with Crippen LogP contribution in [0.25, 0.3) is 10.2 Å². The molecule has 0 unspecified atom stereocenters. The van der Waals surface area contributed by atoms with Crippen molar-refractivity contribution < 1.29 is 9.53 Å². The summed E-state index contributed by atoms with van der Waals surface area (Å²) in [7, 11) is 1.71. The highest BCUT2D eigenvalue weighted by molar-refractivity contribution is 7.16. The third kappa shape index (κ3) is 3.05. The molecule has 118 valence electrons. The minimum atomic E-state index is -0.0721. The average Bonchev–Trinajstić information content (AvgIpc) is 3.03.